The molecule has 3 aromatic carbocycles. The summed E-state index contributed by atoms with van der Waals surface area (Å²) in [5, 5.41) is 10.2. The SMILES string of the molecule is NS(=O)(=O)Nc1cccc(NC(=O)CSc2cccc3cccc(Cl)c23)c1. The van der Waals surface area contributed by atoms with Gasteiger partial charge in [-0.05, 0) is 35.7 Å². The van der Waals surface area contributed by atoms with Crippen molar-refractivity contribution >= 4 is 61.6 Å². The third kappa shape index (κ3) is 5.36. The van der Waals surface area contributed by atoms with E-state index in [1.165, 1.54) is 23.9 Å². The maximum atomic E-state index is 12.3. The van der Waals surface area contributed by atoms with Crippen LogP contribution in [-0.4, -0.2) is 20.1 Å². The molecule has 0 unspecified atom stereocenters. The molecule has 0 heterocycles. The highest BCUT2D eigenvalue weighted by Gasteiger charge is 2.09. The Labute approximate surface area is 166 Å². The second-order valence-electron chi connectivity index (χ2n) is 5.66. The van der Waals surface area contributed by atoms with Gasteiger partial charge in [0.15, 0.2) is 0 Å². The average Bonchev–Trinajstić information content (AvgIpc) is 2.59. The van der Waals surface area contributed by atoms with Crippen molar-refractivity contribution in [2.45, 2.75) is 4.90 Å². The second kappa shape index (κ2) is 8.18. The van der Waals surface area contributed by atoms with Crippen molar-refractivity contribution in [3.8, 4) is 0 Å². The summed E-state index contributed by atoms with van der Waals surface area (Å²) in [5.41, 5.74) is 0.731. The van der Waals surface area contributed by atoms with Gasteiger partial charge in [0.05, 0.1) is 11.4 Å². The molecule has 0 radical (unpaired) electrons. The predicted octanol–water partition coefficient (Wildman–Crippen LogP) is 3.84. The maximum absolute atomic E-state index is 12.3. The first-order valence-electron chi connectivity index (χ1n) is 7.82. The van der Waals surface area contributed by atoms with Crippen LogP contribution < -0.4 is 15.2 Å². The molecule has 3 aromatic rings. The van der Waals surface area contributed by atoms with E-state index in [-0.39, 0.29) is 17.3 Å². The number of nitrogens with two attached hydrogens (primary N) is 1. The highest BCUT2D eigenvalue weighted by Crippen LogP contribution is 2.33. The van der Waals surface area contributed by atoms with Gasteiger partial charge in [-0.15, -0.1) is 11.8 Å². The van der Waals surface area contributed by atoms with E-state index in [2.05, 4.69) is 10.0 Å². The first kappa shape index (κ1) is 19.5. The molecular weight excluding hydrogens is 406 g/mol. The number of hydrogen-bond acceptors (Lipinski definition) is 4. The summed E-state index contributed by atoms with van der Waals surface area (Å²) in [4.78, 5) is 13.2. The number of hydrogen-bond donors (Lipinski definition) is 3. The Morgan fingerprint density at radius 1 is 1.04 bits per heavy atom. The molecule has 1 amide bonds. The molecule has 4 N–H and O–H groups in total. The third-order valence-electron chi connectivity index (χ3n) is 3.58. The van der Waals surface area contributed by atoms with Gasteiger partial charge in [0.2, 0.25) is 5.91 Å². The van der Waals surface area contributed by atoms with E-state index in [4.69, 9.17) is 16.7 Å². The largest absolute Gasteiger partial charge is 0.325 e. The Morgan fingerprint density at radius 2 is 1.70 bits per heavy atom. The van der Waals surface area contributed by atoms with Crippen LogP contribution in [0.25, 0.3) is 10.8 Å². The Hall–Kier alpha value is -2.26. The smallest absolute Gasteiger partial charge is 0.296 e. The van der Waals surface area contributed by atoms with Gasteiger partial charge < -0.3 is 5.32 Å². The van der Waals surface area contributed by atoms with Gasteiger partial charge in [-0.3, -0.25) is 9.52 Å². The van der Waals surface area contributed by atoms with Gasteiger partial charge >= 0.3 is 0 Å². The van der Waals surface area contributed by atoms with Crippen LogP contribution in [0.1, 0.15) is 0 Å². The fourth-order valence-electron chi connectivity index (χ4n) is 2.55. The van der Waals surface area contributed by atoms with Gasteiger partial charge in [0.25, 0.3) is 10.2 Å². The zero-order chi connectivity index (χ0) is 19.4. The molecular formula is C18H16ClN3O3S2. The van der Waals surface area contributed by atoms with E-state index in [0.29, 0.717) is 10.7 Å². The lowest BCUT2D eigenvalue weighted by Gasteiger charge is -2.10. The number of thioether (sulfide) groups is 1. The van der Waals surface area contributed by atoms with Crippen LogP contribution in [-0.2, 0) is 15.0 Å². The van der Waals surface area contributed by atoms with Crippen LogP contribution in [0.15, 0.2) is 65.6 Å². The molecule has 6 nitrogen and oxygen atoms in total. The summed E-state index contributed by atoms with van der Waals surface area (Å²) < 4.78 is 24.3. The van der Waals surface area contributed by atoms with E-state index in [1.807, 2.05) is 36.4 Å². The molecule has 0 bridgehead atoms. The Balaban J connectivity index is 1.68. The Morgan fingerprint density at radius 3 is 2.44 bits per heavy atom. The van der Waals surface area contributed by atoms with Crippen molar-refractivity contribution in [3.63, 3.8) is 0 Å². The first-order valence-corrected chi connectivity index (χ1v) is 10.7. The average molecular weight is 422 g/mol. The van der Waals surface area contributed by atoms with E-state index in [9.17, 15) is 13.2 Å². The van der Waals surface area contributed by atoms with E-state index < -0.39 is 10.2 Å². The summed E-state index contributed by atoms with van der Waals surface area (Å²) in [6.07, 6.45) is 0. The summed E-state index contributed by atoms with van der Waals surface area (Å²) in [6, 6.07) is 17.8. The van der Waals surface area contributed by atoms with Gasteiger partial charge in [-0.25, -0.2) is 5.14 Å². The van der Waals surface area contributed by atoms with Crippen molar-refractivity contribution < 1.29 is 13.2 Å². The summed E-state index contributed by atoms with van der Waals surface area (Å²) in [7, 11) is -3.87. The molecule has 0 aliphatic heterocycles. The summed E-state index contributed by atoms with van der Waals surface area (Å²) in [6.45, 7) is 0. The number of fused-ring (bicyclic) bond motifs is 1. The molecule has 0 saturated carbocycles. The number of carbonyl (C=O) groups excluding carboxylic acids is 1. The monoisotopic (exact) mass is 421 g/mol. The molecule has 27 heavy (non-hydrogen) atoms. The Kier molecular flexibility index (Phi) is 5.91. The van der Waals surface area contributed by atoms with Crippen LogP contribution in [0.3, 0.4) is 0 Å². The van der Waals surface area contributed by atoms with Crippen LogP contribution in [0.4, 0.5) is 11.4 Å². The minimum absolute atomic E-state index is 0.178. The lowest BCUT2D eigenvalue weighted by molar-refractivity contribution is -0.113. The minimum Gasteiger partial charge on any atom is -0.325 e. The quantitative estimate of drug-likeness (QED) is 0.526. The topological polar surface area (TPSA) is 101 Å². The molecule has 3 rings (SSSR count). The van der Waals surface area contributed by atoms with Crippen molar-refractivity contribution in [1.29, 1.82) is 0 Å². The molecule has 0 spiro atoms. The number of carbonyl (C=O) groups is 1. The fraction of sp³-hybridized carbons (Fsp3) is 0.0556. The Bertz CT molecular complexity index is 1100. The zero-order valence-electron chi connectivity index (χ0n) is 14.0. The van der Waals surface area contributed by atoms with Gasteiger partial charge in [-0.1, -0.05) is 41.9 Å². The van der Waals surface area contributed by atoms with Crippen LogP contribution >= 0.6 is 23.4 Å². The molecule has 9 heteroatoms. The zero-order valence-corrected chi connectivity index (χ0v) is 16.4. The van der Waals surface area contributed by atoms with Crippen LogP contribution in [0.2, 0.25) is 5.02 Å². The second-order valence-corrected chi connectivity index (χ2v) is 8.38. The van der Waals surface area contributed by atoms with Crippen LogP contribution in [0, 0.1) is 0 Å². The molecule has 0 atom stereocenters. The molecule has 140 valence electrons. The van der Waals surface area contributed by atoms with Crippen molar-refractivity contribution in [3.05, 3.63) is 65.7 Å². The minimum atomic E-state index is -3.87. The molecule has 0 aliphatic rings. The van der Waals surface area contributed by atoms with Crippen molar-refractivity contribution in [2.24, 2.45) is 5.14 Å². The number of benzene rings is 3. The summed E-state index contributed by atoms with van der Waals surface area (Å²) in [5.74, 6) is -0.0474. The van der Waals surface area contributed by atoms with Gasteiger partial charge in [0.1, 0.15) is 0 Å². The number of anilines is 2. The fourth-order valence-corrected chi connectivity index (χ4v) is 4.25. The van der Waals surface area contributed by atoms with Crippen molar-refractivity contribution in [2.75, 3.05) is 15.8 Å². The first-order chi connectivity index (χ1) is 12.8. The van der Waals surface area contributed by atoms with E-state index >= 15 is 0 Å². The van der Waals surface area contributed by atoms with Gasteiger partial charge in [-0.2, -0.15) is 8.42 Å². The van der Waals surface area contributed by atoms with Crippen molar-refractivity contribution in [1.82, 2.24) is 0 Å². The van der Waals surface area contributed by atoms with E-state index in [0.717, 1.165) is 15.7 Å². The van der Waals surface area contributed by atoms with E-state index in [1.54, 1.807) is 12.1 Å². The third-order valence-corrected chi connectivity index (χ3v) is 5.47. The van der Waals surface area contributed by atoms with Crippen LogP contribution in [0.5, 0.6) is 0 Å². The molecule has 0 fully saturated rings. The normalized spacial score (nSPS) is 11.3. The highest BCUT2D eigenvalue weighted by atomic mass is 35.5. The molecule has 0 saturated heterocycles. The number of rotatable bonds is 6. The highest BCUT2D eigenvalue weighted by molar-refractivity contribution is 8.00. The predicted molar refractivity (Wildman–Crippen MR) is 111 cm³/mol. The molecule has 0 aliphatic carbocycles. The lowest BCUT2D eigenvalue weighted by Crippen LogP contribution is -2.21. The molecule has 0 aromatic heterocycles. The number of amides is 1. The van der Waals surface area contributed by atoms with Gasteiger partial charge in [0, 0.05) is 21.0 Å². The number of halogens is 1. The number of nitrogens with one attached hydrogen (secondary N) is 2. The summed E-state index contributed by atoms with van der Waals surface area (Å²) >= 11 is 7.67. The standard InChI is InChI=1S/C18H16ClN3O3S2/c19-15-8-1-4-12-5-2-9-16(18(12)15)26-11-17(23)21-13-6-3-7-14(10-13)22-27(20,24)25/h1-10,22H,11H2,(H,21,23)(H2,20,24,25). The maximum Gasteiger partial charge on any atom is 0.296 e. The lowest BCUT2D eigenvalue weighted by atomic mass is 10.1.